The van der Waals surface area contributed by atoms with Gasteiger partial charge >= 0.3 is 0 Å². The first kappa shape index (κ1) is 11.4. The van der Waals surface area contributed by atoms with Gasteiger partial charge in [-0.2, -0.15) is 0 Å². The Bertz CT molecular complexity index is 654. The lowest BCUT2D eigenvalue weighted by Crippen LogP contribution is -2.37. The van der Waals surface area contributed by atoms with Crippen molar-refractivity contribution >= 4 is 10.9 Å². The molecule has 2 aliphatic rings. The smallest absolute Gasteiger partial charge is 0.144 e. The highest BCUT2D eigenvalue weighted by molar-refractivity contribution is 5.91. The van der Waals surface area contributed by atoms with Crippen molar-refractivity contribution in [3.05, 3.63) is 29.5 Å². The Morgan fingerprint density at radius 2 is 2.05 bits per heavy atom. The summed E-state index contributed by atoms with van der Waals surface area (Å²) in [5.74, 6) is 1.05. The maximum Gasteiger partial charge on any atom is 0.144 e. The largest absolute Gasteiger partial charge is 0.484 e. The van der Waals surface area contributed by atoms with Crippen LogP contribution >= 0.6 is 0 Å². The van der Waals surface area contributed by atoms with E-state index in [-0.39, 0.29) is 5.60 Å². The third kappa shape index (κ3) is 1.61. The van der Waals surface area contributed by atoms with Crippen molar-refractivity contribution in [2.75, 3.05) is 13.1 Å². The number of nitrogens with one attached hydrogen (secondary N) is 1. The van der Waals surface area contributed by atoms with Crippen molar-refractivity contribution in [3.63, 3.8) is 0 Å². The summed E-state index contributed by atoms with van der Waals surface area (Å²) in [5.41, 5.74) is 4.24. The summed E-state index contributed by atoms with van der Waals surface area (Å²) >= 11 is 0. The van der Waals surface area contributed by atoms with Crippen LogP contribution in [0.4, 0.5) is 0 Å². The van der Waals surface area contributed by atoms with E-state index >= 15 is 0 Å². The Kier molecular flexibility index (Phi) is 2.25. The first-order valence-electron chi connectivity index (χ1n) is 7.18. The van der Waals surface area contributed by atoms with E-state index in [1.807, 2.05) is 0 Å². The zero-order valence-corrected chi connectivity index (χ0v) is 11.6. The maximum atomic E-state index is 6.16. The quantitative estimate of drug-likeness (QED) is 0.784. The van der Waals surface area contributed by atoms with Gasteiger partial charge in [0.1, 0.15) is 11.4 Å². The van der Waals surface area contributed by atoms with Crippen LogP contribution in [0.1, 0.15) is 25.1 Å². The minimum atomic E-state index is -0.117. The molecule has 0 fully saturated rings. The molecule has 0 saturated heterocycles. The number of ether oxygens (including phenoxy) is 1. The van der Waals surface area contributed by atoms with E-state index in [0.717, 1.165) is 38.2 Å². The summed E-state index contributed by atoms with van der Waals surface area (Å²) < 4.78 is 8.67. The molecule has 4 rings (SSSR count). The second-order valence-electron chi connectivity index (χ2n) is 6.28. The molecule has 0 bridgehead atoms. The monoisotopic (exact) mass is 256 g/mol. The first-order valence-corrected chi connectivity index (χ1v) is 7.18. The van der Waals surface area contributed by atoms with E-state index in [0.29, 0.717) is 0 Å². The Labute approximate surface area is 113 Å². The fourth-order valence-corrected chi connectivity index (χ4v) is 3.58. The van der Waals surface area contributed by atoms with Crippen LogP contribution in [-0.4, -0.2) is 23.3 Å². The predicted octanol–water partition coefficient (Wildman–Crippen LogP) is 2.50. The van der Waals surface area contributed by atoms with E-state index in [4.69, 9.17) is 4.74 Å². The van der Waals surface area contributed by atoms with Gasteiger partial charge in [-0.1, -0.05) is 12.1 Å². The summed E-state index contributed by atoms with van der Waals surface area (Å²) in [6.45, 7) is 7.47. The molecule has 1 N–H and O–H groups in total. The van der Waals surface area contributed by atoms with E-state index in [2.05, 4.69) is 41.9 Å². The van der Waals surface area contributed by atoms with E-state index in [1.54, 1.807) is 0 Å². The van der Waals surface area contributed by atoms with Gasteiger partial charge < -0.3 is 14.6 Å². The van der Waals surface area contributed by atoms with Crippen LogP contribution in [-0.2, 0) is 19.4 Å². The molecule has 3 heteroatoms. The summed E-state index contributed by atoms with van der Waals surface area (Å²) in [6, 6.07) is 6.49. The molecular weight excluding hydrogens is 236 g/mol. The lowest BCUT2D eigenvalue weighted by Gasteiger charge is -2.33. The molecule has 0 saturated carbocycles. The minimum absolute atomic E-state index is 0.117. The van der Waals surface area contributed by atoms with Gasteiger partial charge in [-0.25, -0.2) is 0 Å². The van der Waals surface area contributed by atoms with Gasteiger partial charge in [0, 0.05) is 24.0 Å². The SMILES string of the molecule is CC1(C)Cn2c3c(c4cccc(c42)O1)CCNCC3. The van der Waals surface area contributed by atoms with Gasteiger partial charge in [0.15, 0.2) is 0 Å². The van der Waals surface area contributed by atoms with Crippen LogP contribution in [0.3, 0.4) is 0 Å². The Balaban J connectivity index is 2.05. The number of hydrogen-bond acceptors (Lipinski definition) is 2. The van der Waals surface area contributed by atoms with Crippen LogP contribution in [0.2, 0.25) is 0 Å². The molecule has 0 spiro atoms. The van der Waals surface area contributed by atoms with Gasteiger partial charge in [-0.05, 0) is 38.4 Å². The summed E-state index contributed by atoms with van der Waals surface area (Å²) in [4.78, 5) is 0. The topological polar surface area (TPSA) is 26.2 Å². The van der Waals surface area contributed by atoms with Gasteiger partial charge in [0.2, 0.25) is 0 Å². The van der Waals surface area contributed by atoms with Crippen molar-refractivity contribution in [3.8, 4) is 5.75 Å². The first-order chi connectivity index (χ1) is 9.16. The Morgan fingerprint density at radius 3 is 2.95 bits per heavy atom. The highest BCUT2D eigenvalue weighted by Gasteiger charge is 2.32. The van der Waals surface area contributed by atoms with Crippen LogP contribution in [0.25, 0.3) is 10.9 Å². The van der Waals surface area contributed by atoms with Gasteiger partial charge in [-0.15, -0.1) is 0 Å². The fraction of sp³-hybridized carbons (Fsp3) is 0.500. The summed E-state index contributed by atoms with van der Waals surface area (Å²) in [7, 11) is 0. The van der Waals surface area contributed by atoms with Crippen molar-refractivity contribution in [1.29, 1.82) is 0 Å². The van der Waals surface area contributed by atoms with Gasteiger partial charge in [0.05, 0.1) is 12.1 Å². The highest BCUT2D eigenvalue weighted by Crippen LogP contribution is 2.39. The van der Waals surface area contributed by atoms with E-state index in [9.17, 15) is 0 Å². The molecule has 3 nitrogen and oxygen atoms in total. The van der Waals surface area contributed by atoms with Crippen molar-refractivity contribution < 1.29 is 4.74 Å². The number of hydrogen-bond donors (Lipinski definition) is 1. The summed E-state index contributed by atoms with van der Waals surface area (Å²) in [6.07, 6.45) is 2.25. The Hall–Kier alpha value is -1.48. The van der Waals surface area contributed by atoms with Gasteiger partial charge in [-0.3, -0.25) is 0 Å². The number of nitrogens with zero attached hydrogens (tertiary/aromatic N) is 1. The van der Waals surface area contributed by atoms with Crippen LogP contribution in [0.15, 0.2) is 18.2 Å². The number of aromatic nitrogens is 1. The molecule has 100 valence electrons. The van der Waals surface area contributed by atoms with Crippen LogP contribution < -0.4 is 10.1 Å². The van der Waals surface area contributed by atoms with Crippen LogP contribution in [0, 0.1) is 0 Å². The number of para-hydroxylation sites is 1. The third-order valence-electron chi connectivity index (χ3n) is 4.28. The summed E-state index contributed by atoms with van der Waals surface area (Å²) in [5, 5.41) is 4.90. The molecular formula is C16H20N2O. The predicted molar refractivity (Wildman–Crippen MR) is 76.9 cm³/mol. The highest BCUT2D eigenvalue weighted by atomic mass is 16.5. The van der Waals surface area contributed by atoms with Crippen LogP contribution in [0.5, 0.6) is 5.75 Å². The molecule has 0 aliphatic carbocycles. The average molecular weight is 256 g/mol. The molecule has 0 amide bonds. The molecule has 2 aromatic rings. The number of fused-ring (bicyclic) bond motifs is 3. The molecule has 19 heavy (non-hydrogen) atoms. The minimum Gasteiger partial charge on any atom is -0.484 e. The van der Waals surface area contributed by atoms with Gasteiger partial charge in [0.25, 0.3) is 0 Å². The Morgan fingerprint density at radius 1 is 1.21 bits per heavy atom. The van der Waals surface area contributed by atoms with E-state index < -0.39 is 0 Å². The second-order valence-corrected chi connectivity index (χ2v) is 6.28. The lowest BCUT2D eigenvalue weighted by atomic mass is 10.1. The third-order valence-corrected chi connectivity index (χ3v) is 4.28. The molecule has 0 radical (unpaired) electrons. The zero-order valence-electron chi connectivity index (χ0n) is 11.6. The molecule has 1 aromatic heterocycles. The lowest BCUT2D eigenvalue weighted by molar-refractivity contribution is 0.0806. The fourth-order valence-electron chi connectivity index (χ4n) is 3.58. The zero-order chi connectivity index (χ0) is 13.0. The second kappa shape index (κ2) is 3.76. The van der Waals surface area contributed by atoms with Crippen molar-refractivity contribution in [1.82, 2.24) is 9.88 Å². The number of benzene rings is 1. The molecule has 0 atom stereocenters. The molecule has 1 aromatic carbocycles. The molecule has 2 aliphatic heterocycles. The maximum absolute atomic E-state index is 6.16. The standard InChI is InChI=1S/C16H20N2O/c1-16(2)10-18-13-7-9-17-8-6-11(13)12-4-3-5-14(19-16)15(12)18/h3-5,17H,6-10H2,1-2H3. The van der Waals surface area contributed by atoms with E-state index in [1.165, 1.54) is 22.2 Å². The van der Waals surface area contributed by atoms with Crippen molar-refractivity contribution in [2.45, 2.75) is 38.8 Å². The number of rotatable bonds is 0. The van der Waals surface area contributed by atoms with Crippen molar-refractivity contribution in [2.24, 2.45) is 0 Å². The molecule has 0 unspecified atom stereocenters. The average Bonchev–Trinajstić information content (AvgIpc) is 2.54. The molecule has 3 heterocycles. The normalized spacial score (nSPS) is 20.7.